The first-order chi connectivity index (χ1) is 5.22. The topological polar surface area (TPSA) is 69.7 Å². The van der Waals surface area contributed by atoms with Gasteiger partial charge in [0.2, 0.25) is 6.29 Å². The molecule has 0 atom stereocenters. The van der Waals surface area contributed by atoms with Crippen LogP contribution < -0.4 is 0 Å². The van der Waals surface area contributed by atoms with E-state index in [-0.39, 0.29) is 6.29 Å². The molecule has 58 valence electrons. The summed E-state index contributed by atoms with van der Waals surface area (Å²) in [4.78, 5) is 31.0. The first-order valence-electron chi connectivity index (χ1n) is 2.77. The molecule has 5 heteroatoms. The summed E-state index contributed by atoms with van der Waals surface area (Å²) in [7, 11) is 0. The number of esters is 2. The summed E-state index contributed by atoms with van der Waals surface area (Å²) in [6, 6.07) is 0. The Kier molecular flexibility index (Phi) is 2.00. The zero-order valence-corrected chi connectivity index (χ0v) is 5.35. The van der Waals surface area contributed by atoms with Crippen molar-refractivity contribution in [2.45, 2.75) is 6.29 Å². The van der Waals surface area contributed by atoms with Gasteiger partial charge in [-0.2, -0.15) is 0 Å². The molecule has 0 aromatic carbocycles. The van der Waals surface area contributed by atoms with Gasteiger partial charge in [0.15, 0.2) is 0 Å². The minimum Gasteiger partial charge on any atom is -0.414 e. The molecule has 1 aliphatic heterocycles. The normalized spacial score (nSPS) is 18.5. The molecule has 5 nitrogen and oxygen atoms in total. The number of cyclic esters (lactones) is 2. The van der Waals surface area contributed by atoms with Crippen LogP contribution >= 0.6 is 0 Å². The van der Waals surface area contributed by atoms with Gasteiger partial charge >= 0.3 is 18.2 Å². The monoisotopic (exact) mass is 156 g/mol. The second-order valence-corrected chi connectivity index (χ2v) is 1.71. The third kappa shape index (κ3) is 1.89. The number of carbonyl (C=O) groups excluding carboxylic acids is 3. The van der Waals surface area contributed by atoms with Crippen molar-refractivity contribution < 1.29 is 23.9 Å². The Morgan fingerprint density at radius 3 is 2.00 bits per heavy atom. The van der Waals surface area contributed by atoms with Gasteiger partial charge < -0.3 is 9.47 Å². The lowest BCUT2D eigenvalue weighted by molar-refractivity contribution is -0.178. The first kappa shape index (κ1) is 7.46. The zero-order chi connectivity index (χ0) is 8.27. The quantitative estimate of drug-likeness (QED) is 0.366. The standard InChI is InChI=1S/C6H4O5/c7-3-6-10-4(8)1-2-5(9)11-6/h1-3,6H. The lowest BCUT2D eigenvalue weighted by Crippen LogP contribution is -2.21. The molecule has 0 aromatic rings. The molecule has 0 bridgehead atoms. The smallest absolute Gasteiger partial charge is 0.334 e. The SMILES string of the molecule is O=CC1OC(=O)C=CC(=O)O1. The van der Waals surface area contributed by atoms with Crippen molar-refractivity contribution in [3.63, 3.8) is 0 Å². The average molecular weight is 156 g/mol. The Hall–Kier alpha value is -1.65. The third-order valence-electron chi connectivity index (χ3n) is 0.931. The fraction of sp³-hybridized carbons (Fsp3) is 0.167. The molecule has 1 aliphatic rings. The molecule has 1 rings (SSSR count). The van der Waals surface area contributed by atoms with Crippen molar-refractivity contribution in [1.82, 2.24) is 0 Å². The molecule has 1 heterocycles. The fourth-order valence-corrected chi connectivity index (χ4v) is 0.523. The highest BCUT2D eigenvalue weighted by molar-refractivity contribution is 5.94. The maximum absolute atomic E-state index is 10.5. The van der Waals surface area contributed by atoms with Gasteiger partial charge in [-0.3, -0.25) is 4.79 Å². The summed E-state index contributed by atoms with van der Waals surface area (Å²) < 4.78 is 8.59. The van der Waals surface area contributed by atoms with E-state index in [0.29, 0.717) is 0 Å². The second-order valence-electron chi connectivity index (χ2n) is 1.71. The number of hydrogen-bond acceptors (Lipinski definition) is 5. The number of carbonyl (C=O) groups is 3. The Labute approximate surface area is 61.6 Å². The first-order valence-corrected chi connectivity index (χ1v) is 2.77. The van der Waals surface area contributed by atoms with Crippen molar-refractivity contribution in [2.75, 3.05) is 0 Å². The van der Waals surface area contributed by atoms with E-state index in [1.54, 1.807) is 0 Å². The predicted octanol–water partition coefficient (Wildman–Crippen LogP) is -0.832. The Balaban J connectivity index is 2.73. The summed E-state index contributed by atoms with van der Waals surface area (Å²) >= 11 is 0. The molecule has 0 fully saturated rings. The number of ether oxygens (including phenoxy) is 2. The lowest BCUT2D eigenvalue weighted by Gasteiger charge is -2.06. The minimum atomic E-state index is -1.41. The van der Waals surface area contributed by atoms with E-state index in [1.165, 1.54) is 0 Å². The number of hydrogen-bond donors (Lipinski definition) is 0. The van der Waals surface area contributed by atoms with E-state index < -0.39 is 18.2 Å². The van der Waals surface area contributed by atoms with Crippen LogP contribution in [0.3, 0.4) is 0 Å². The van der Waals surface area contributed by atoms with Crippen molar-refractivity contribution in [1.29, 1.82) is 0 Å². The molecule has 0 aliphatic carbocycles. The van der Waals surface area contributed by atoms with Crippen LogP contribution in [0.5, 0.6) is 0 Å². The summed E-state index contributed by atoms with van der Waals surface area (Å²) in [6.45, 7) is 0. The van der Waals surface area contributed by atoms with Crippen molar-refractivity contribution in [3.05, 3.63) is 12.2 Å². The summed E-state index contributed by atoms with van der Waals surface area (Å²) in [5, 5.41) is 0. The zero-order valence-electron chi connectivity index (χ0n) is 5.35. The Morgan fingerprint density at radius 1 is 1.18 bits per heavy atom. The predicted molar refractivity (Wildman–Crippen MR) is 31.2 cm³/mol. The van der Waals surface area contributed by atoms with Crippen LogP contribution in [0.15, 0.2) is 12.2 Å². The summed E-state index contributed by atoms with van der Waals surface area (Å²) in [5.41, 5.74) is 0. The molecule has 0 saturated heterocycles. The van der Waals surface area contributed by atoms with Crippen LogP contribution in [0.25, 0.3) is 0 Å². The molecule has 0 N–H and O–H groups in total. The van der Waals surface area contributed by atoms with E-state index in [1.807, 2.05) is 0 Å². The molecule has 0 unspecified atom stereocenters. The number of rotatable bonds is 1. The molecule has 11 heavy (non-hydrogen) atoms. The molecular formula is C6H4O5. The molecule has 0 aromatic heterocycles. The second kappa shape index (κ2) is 2.96. The van der Waals surface area contributed by atoms with Gasteiger partial charge in [0, 0.05) is 12.2 Å². The lowest BCUT2D eigenvalue weighted by atomic mass is 10.5. The van der Waals surface area contributed by atoms with Crippen LogP contribution in [-0.2, 0) is 23.9 Å². The molecular weight excluding hydrogens is 152 g/mol. The van der Waals surface area contributed by atoms with Crippen LogP contribution in [0.4, 0.5) is 0 Å². The van der Waals surface area contributed by atoms with Gasteiger partial charge in [-0.1, -0.05) is 0 Å². The van der Waals surface area contributed by atoms with Crippen molar-refractivity contribution in [2.24, 2.45) is 0 Å². The maximum atomic E-state index is 10.5. The van der Waals surface area contributed by atoms with Gasteiger partial charge in [0.05, 0.1) is 0 Å². The molecule has 0 saturated carbocycles. The van der Waals surface area contributed by atoms with Crippen molar-refractivity contribution in [3.8, 4) is 0 Å². The third-order valence-corrected chi connectivity index (χ3v) is 0.931. The Morgan fingerprint density at radius 2 is 1.64 bits per heavy atom. The van der Waals surface area contributed by atoms with Gasteiger partial charge in [-0.25, -0.2) is 9.59 Å². The fourth-order valence-electron chi connectivity index (χ4n) is 0.523. The van der Waals surface area contributed by atoms with Crippen molar-refractivity contribution >= 4 is 18.2 Å². The largest absolute Gasteiger partial charge is 0.414 e. The highest BCUT2D eigenvalue weighted by atomic mass is 16.7. The Bertz CT molecular complexity index is 209. The van der Waals surface area contributed by atoms with E-state index in [2.05, 4.69) is 9.47 Å². The van der Waals surface area contributed by atoms with Crippen LogP contribution in [-0.4, -0.2) is 24.5 Å². The van der Waals surface area contributed by atoms with E-state index in [9.17, 15) is 14.4 Å². The summed E-state index contributed by atoms with van der Waals surface area (Å²) in [5.74, 6) is -1.54. The average Bonchev–Trinajstić information content (AvgIpc) is 2.13. The van der Waals surface area contributed by atoms with Crippen LogP contribution in [0.2, 0.25) is 0 Å². The highest BCUT2D eigenvalue weighted by Crippen LogP contribution is 1.99. The molecule has 0 radical (unpaired) electrons. The van der Waals surface area contributed by atoms with Gasteiger partial charge in [-0.05, 0) is 0 Å². The van der Waals surface area contributed by atoms with E-state index in [0.717, 1.165) is 12.2 Å². The number of aldehydes is 1. The van der Waals surface area contributed by atoms with E-state index >= 15 is 0 Å². The minimum absolute atomic E-state index is 0.225. The van der Waals surface area contributed by atoms with Gasteiger partial charge in [-0.15, -0.1) is 0 Å². The van der Waals surface area contributed by atoms with Gasteiger partial charge in [0.25, 0.3) is 0 Å². The van der Waals surface area contributed by atoms with Gasteiger partial charge in [0.1, 0.15) is 0 Å². The molecule has 0 spiro atoms. The van der Waals surface area contributed by atoms with Crippen LogP contribution in [0, 0.1) is 0 Å². The van der Waals surface area contributed by atoms with Crippen LogP contribution in [0.1, 0.15) is 0 Å². The highest BCUT2D eigenvalue weighted by Gasteiger charge is 2.18. The summed E-state index contributed by atoms with van der Waals surface area (Å²) in [6.07, 6.45) is 0.602. The maximum Gasteiger partial charge on any atom is 0.334 e. The molecule has 0 amide bonds. The van der Waals surface area contributed by atoms with E-state index in [4.69, 9.17) is 0 Å².